The van der Waals surface area contributed by atoms with Gasteiger partial charge >= 0.3 is 0 Å². The minimum Gasteiger partial charge on any atom is -0.378 e. The van der Waals surface area contributed by atoms with Crippen LogP contribution >= 0.6 is 11.6 Å². The number of rotatable bonds is 2. The van der Waals surface area contributed by atoms with Crippen LogP contribution in [0.15, 0.2) is 23.1 Å². The molecular formula is C13H18ClNO3S. The molecule has 1 fully saturated rings. The Morgan fingerprint density at radius 1 is 1.37 bits per heavy atom. The topological polar surface area (TPSA) is 46.6 Å². The van der Waals surface area contributed by atoms with Crippen LogP contribution in [0.25, 0.3) is 0 Å². The molecule has 0 unspecified atom stereocenters. The summed E-state index contributed by atoms with van der Waals surface area (Å²) in [5.74, 6) is 0. The highest BCUT2D eigenvalue weighted by atomic mass is 35.5. The quantitative estimate of drug-likeness (QED) is 0.843. The highest BCUT2D eigenvalue weighted by Gasteiger charge is 2.39. The van der Waals surface area contributed by atoms with Crippen LogP contribution in [0.1, 0.15) is 19.4 Å². The number of hydrogen-bond acceptors (Lipinski definition) is 3. The number of aryl methyl sites for hydroxylation is 1. The van der Waals surface area contributed by atoms with Gasteiger partial charge in [0.25, 0.3) is 0 Å². The Hall–Kier alpha value is -0.620. The molecule has 0 aliphatic carbocycles. The third-order valence-electron chi connectivity index (χ3n) is 3.30. The molecule has 0 N–H and O–H groups in total. The minimum atomic E-state index is -3.54. The monoisotopic (exact) mass is 303 g/mol. The molecule has 106 valence electrons. The summed E-state index contributed by atoms with van der Waals surface area (Å²) in [5, 5.41) is 0.465. The van der Waals surface area contributed by atoms with Crippen LogP contribution in [0.4, 0.5) is 0 Å². The number of ether oxygens (including phenoxy) is 1. The Morgan fingerprint density at radius 2 is 2.05 bits per heavy atom. The fraction of sp³-hybridized carbons (Fsp3) is 0.538. The number of hydrogen-bond donors (Lipinski definition) is 0. The first-order valence-electron chi connectivity index (χ1n) is 6.12. The molecule has 0 amide bonds. The third-order valence-corrected chi connectivity index (χ3v) is 5.81. The van der Waals surface area contributed by atoms with Gasteiger partial charge in [-0.25, -0.2) is 8.42 Å². The molecule has 1 aromatic carbocycles. The Kier molecular flexibility index (Phi) is 3.93. The highest BCUT2D eigenvalue weighted by Crippen LogP contribution is 2.29. The van der Waals surface area contributed by atoms with Crippen molar-refractivity contribution in [3.8, 4) is 0 Å². The van der Waals surface area contributed by atoms with E-state index in [1.807, 2.05) is 20.8 Å². The Bertz CT molecular complexity index is 584. The molecule has 2 rings (SSSR count). The van der Waals surface area contributed by atoms with E-state index in [4.69, 9.17) is 16.3 Å². The number of benzene rings is 1. The normalized spacial score (nSPS) is 20.4. The first-order valence-corrected chi connectivity index (χ1v) is 7.94. The average Bonchev–Trinajstić information content (AvgIpc) is 2.31. The Balaban J connectivity index is 2.44. The number of morpholine rings is 1. The molecule has 1 aromatic rings. The minimum absolute atomic E-state index is 0.234. The summed E-state index contributed by atoms with van der Waals surface area (Å²) >= 11 is 6.02. The van der Waals surface area contributed by atoms with E-state index in [1.165, 1.54) is 10.4 Å². The maximum atomic E-state index is 12.7. The summed E-state index contributed by atoms with van der Waals surface area (Å²) in [6.45, 7) is 6.74. The van der Waals surface area contributed by atoms with Crippen LogP contribution in [0.3, 0.4) is 0 Å². The lowest BCUT2D eigenvalue weighted by molar-refractivity contribution is -0.00770. The smallest absolute Gasteiger partial charge is 0.243 e. The standard InChI is InChI=1S/C13H18ClNO3S/c1-10-4-5-11(8-12(10)14)19(16,17)15-6-7-18-9-13(15,2)3/h4-5,8H,6-7,9H2,1-3H3. The second kappa shape index (κ2) is 5.05. The lowest BCUT2D eigenvalue weighted by atomic mass is 10.1. The van der Waals surface area contributed by atoms with Crippen LogP contribution in [-0.2, 0) is 14.8 Å². The van der Waals surface area contributed by atoms with Crippen LogP contribution in [0.5, 0.6) is 0 Å². The van der Waals surface area contributed by atoms with Crippen LogP contribution in [0, 0.1) is 6.92 Å². The van der Waals surface area contributed by atoms with Gasteiger partial charge in [-0.05, 0) is 38.5 Å². The molecule has 1 aliphatic heterocycles. The summed E-state index contributed by atoms with van der Waals surface area (Å²) < 4.78 is 32.2. The fourth-order valence-corrected chi connectivity index (χ4v) is 4.18. The first kappa shape index (κ1) is 14.8. The van der Waals surface area contributed by atoms with Gasteiger partial charge in [0.2, 0.25) is 10.0 Å². The van der Waals surface area contributed by atoms with Crippen molar-refractivity contribution in [2.75, 3.05) is 19.8 Å². The van der Waals surface area contributed by atoms with Gasteiger partial charge in [0.1, 0.15) is 0 Å². The van der Waals surface area contributed by atoms with Gasteiger partial charge < -0.3 is 4.74 Å². The van der Waals surface area contributed by atoms with E-state index in [2.05, 4.69) is 0 Å². The van der Waals surface area contributed by atoms with Gasteiger partial charge in [0.05, 0.1) is 23.6 Å². The van der Waals surface area contributed by atoms with Crippen molar-refractivity contribution < 1.29 is 13.2 Å². The van der Waals surface area contributed by atoms with E-state index >= 15 is 0 Å². The van der Waals surface area contributed by atoms with Gasteiger partial charge in [-0.2, -0.15) is 4.31 Å². The molecule has 6 heteroatoms. The lowest BCUT2D eigenvalue weighted by Gasteiger charge is -2.40. The van der Waals surface area contributed by atoms with E-state index in [1.54, 1.807) is 12.1 Å². The summed E-state index contributed by atoms with van der Waals surface area (Å²) in [6.07, 6.45) is 0. The van der Waals surface area contributed by atoms with Gasteiger partial charge in [-0.3, -0.25) is 0 Å². The number of nitrogens with zero attached hydrogens (tertiary/aromatic N) is 1. The molecule has 0 radical (unpaired) electrons. The molecule has 0 bridgehead atoms. The largest absolute Gasteiger partial charge is 0.378 e. The Labute approximate surface area is 119 Å². The summed E-state index contributed by atoms with van der Waals surface area (Å²) in [5.41, 5.74) is 0.316. The van der Waals surface area contributed by atoms with Crippen molar-refractivity contribution in [3.63, 3.8) is 0 Å². The van der Waals surface area contributed by atoms with Crippen LogP contribution in [-0.4, -0.2) is 38.0 Å². The summed E-state index contributed by atoms with van der Waals surface area (Å²) in [4.78, 5) is 0.234. The van der Waals surface area contributed by atoms with E-state index in [9.17, 15) is 8.42 Å². The molecular weight excluding hydrogens is 286 g/mol. The van der Waals surface area contributed by atoms with Gasteiger partial charge in [-0.1, -0.05) is 17.7 Å². The molecule has 0 atom stereocenters. The van der Waals surface area contributed by atoms with Crippen molar-refractivity contribution in [1.29, 1.82) is 0 Å². The highest BCUT2D eigenvalue weighted by molar-refractivity contribution is 7.89. The zero-order chi connectivity index (χ0) is 14.3. The molecule has 1 heterocycles. The number of halogens is 1. The molecule has 1 saturated heterocycles. The average molecular weight is 304 g/mol. The number of sulfonamides is 1. The van der Waals surface area contributed by atoms with Crippen molar-refractivity contribution in [2.24, 2.45) is 0 Å². The Morgan fingerprint density at radius 3 is 2.63 bits per heavy atom. The summed E-state index contributed by atoms with van der Waals surface area (Å²) in [7, 11) is -3.54. The second-order valence-electron chi connectivity index (χ2n) is 5.35. The first-order chi connectivity index (χ1) is 8.75. The predicted octanol–water partition coefficient (Wildman–Crippen LogP) is 2.45. The van der Waals surface area contributed by atoms with Crippen molar-refractivity contribution >= 4 is 21.6 Å². The van der Waals surface area contributed by atoms with Gasteiger partial charge in [0, 0.05) is 11.6 Å². The second-order valence-corrected chi connectivity index (χ2v) is 7.62. The van der Waals surface area contributed by atoms with E-state index in [0.29, 0.717) is 24.8 Å². The van der Waals surface area contributed by atoms with Gasteiger partial charge in [0.15, 0.2) is 0 Å². The summed E-state index contributed by atoms with van der Waals surface area (Å²) in [6, 6.07) is 4.84. The lowest BCUT2D eigenvalue weighted by Crippen LogP contribution is -2.55. The van der Waals surface area contributed by atoms with Gasteiger partial charge in [-0.15, -0.1) is 0 Å². The zero-order valence-electron chi connectivity index (χ0n) is 11.3. The predicted molar refractivity (Wildman–Crippen MR) is 75.0 cm³/mol. The third kappa shape index (κ3) is 2.79. The molecule has 0 saturated carbocycles. The van der Waals surface area contributed by atoms with Crippen LogP contribution < -0.4 is 0 Å². The van der Waals surface area contributed by atoms with E-state index in [-0.39, 0.29) is 4.90 Å². The molecule has 0 aromatic heterocycles. The fourth-order valence-electron chi connectivity index (χ4n) is 2.15. The van der Waals surface area contributed by atoms with Crippen molar-refractivity contribution in [1.82, 2.24) is 4.31 Å². The molecule has 0 spiro atoms. The zero-order valence-corrected chi connectivity index (χ0v) is 12.9. The van der Waals surface area contributed by atoms with E-state index < -0.39 is 15.6 Å². The maximum Gasteiger partial charge on any atom is 0.243 e. The molecule has 4 nitrogen and oxygen atoms in total. The van der Waals surface area contributed by atoms with E-state index in [0.717, 1.165) is 5.56 Å². The van der Waals surface area contributed by atoms with Crippen molar-refractivity contribution in [3.05, 3.63) is 28.8 Å². The SMILES string of the molecule is Cc1ccc(S(=O)(=O)N2CCOCC2(C)C)cc1Cl. The van der Waals surface area contributed by atoms with Crippen LogP contribution in [0.2, 0.25) is 5.02 Å². The van der Waals surface area contributed by atoms with Crippen molar-refractivity contribution in [2.45, 2.75) is 31.2 Å². The maximum absolute atomic E-state index is 12.7. The molecule has 19 heavy (non-hydrogen) atoms. The molecule has 1 aliphatic rings.